The molecule has 0 N–H and O–H groups in total. The van der Waals surface area contributed by atoms with E-state index in [1.807, 2.05) is 49.5 Å². The van der Waals surface area contributed by atoms with Crippen LogP contribution in [-0.2, 0) is 20.1 Å². The Morgan fingerprint density at radius 1 is 0.692 bits per heavy atom. The molecule has 8 aromatic rings. The zero-order chi connectivity index (χ0) is 36.0. The van der Waals surface area contributed by atoms with Gasteiger partial charge in [0.2, 0.25) is 0 Å². The van der Waals surface area contributed by atoms with Gasteiger partial charge in [-0.25, -0.2) is 0 Å². The molecule has 0 aliphatic carbocycles. The van der Waals surface area contributed by atoms with Gasteiger partial charge in [0, 0.05) is 43.1 Å². The van der Waals surface area contributed by atoms with Crippen molar-refractivity contribution < 1.29 is 24.5 Å². The summed E-state index contributed by atoms with van der Waals surface area (Å²) in [5, 5.41) is 2.18. The van der Waals surface area contributed by atoms with E-state index in [1.54, 1.807) is 0 Å². The van der Waals surface area contributed by atoms with Crippen LogP contribution in [0.5, 0.6) is 0 Å². The molecule has 1 radical (unpaired) electrons. The predicted molar refractivity (Wildman–Crippen MR) is 211 cm³/mol. The van der Waals surface area contributed by atoms with E-state index in [4.69, 9.17) is 14.4 Å². The molecule has 52 heavy (non-hydrogen) atoms. The van der Waals surface area contributed by atoms with Crippen LogP contribution in [0, 0.1) is 46.8 Å². The number of fused-ring (bicyclic) bond motifs is 4. The van der Waals surface area contributed by atoms with E-state index in [-0.39, 0.29) is 20.1 Å². The van der Waals surface area contributed by atoms with Crippen molar-refractivity contribution in [3.8, 4) is 28.3 Å². The fourth-order valence-electron chi connectivity index (χ4n) is 6.88. The van der Waals surface area contributed by atoms with Crippen molar-refractivity contribution in [1.82, 2.24) is 19.5 Å². The topological polar surface area (TPSA) is 56.7 Å². The summed E-state index contributed by atoms with van der Waals surface area (Å²) in [4.78, 5) is 14.6. The second-order valence-corrected chi connectivity index (χ2v) is 14.2. The average Bonchev–Trinajstić information content (AvgIpc) is 3.71. The van der Waals surface area contributed by atoms with Crippen molar-refractivity contribution in [3.63, 3.8) is 0 Å². The van der Waals surface area contributed by atoms with Crippen LogP contribution in [0.25, 0.3) is 61.3 Å². The number of rotatable bonds is 5. The zero-order valence-electron chi connectivity index (χ0n) is 31.3. The van der Waals surface area contributed by atoms with E-state index >= 15 is 0 Å². The smallest absolute Gasteiger partial charge is 0.120 e. The van der Waals surface area contributed by atoms with Crippen LogP contribution in [-0.4, -0.2) is 19.5 Å². The minimum absolute atomic E-state index is 0. The Morgan fingerprint density at radius 3 is 2.06 bits per heavy atom. The molecule has 8 rings (SSSR count). The number of aromatic nitrogens is 4. The third-order valence-corrected chi connectivity index (χ3v) is 9.74. The van der Waals surface area contributed by atoms with E-state index < -0.39 is 0 Å². The third kappa shape index (κ3) is 6.74. The molecule has 4 heterocycles. The summed E-state index contributed by atoms with van der Waals surface area (Å²) in [6.45, 7) is 19.4. The predicted octanol–water partition coefficient (Wildman–Crippen LogP) is 12.1. The van der Waals surface area contributed by atoms with Crippen LogP contribution in [0.4, 0.5) is 0 Å². The van der Waals surface area contributed by atoms with Gasteiger partial charge in [0.05, 0.1) is 28.1 Å². The first-order valence-corrected chi connectivity index (χ1v) is 17.8. The Hall–Kier alpha value is -4.90. The Bertz CT molecular complexity index is 2450. The van der Waals surface area contributed by atoms with E-state index in [1.165, 1.54) is 27.9 Å². The number of aryl methyl sites for hydroxylation is 5. The molecule has 0 amide bonds. The Kier molecular flexibility index (Phi) is 10.6. The molecule has 0 fully saturated rings. The zero-order valence-corrected chi connectivity index (χ0v) is 33.7. The fourth-order valence-corrected chi connectivity index (χ4v) is 6.88. The van der Waals surface area contributed by atoms with Gasteiger partial charge in [0.15, 0.2) is 0 Å². The summed E-state index contributed by atoms with van der Waals surface area (Å²) in [7, 11) is 0. The van der Waals surface area contributed by atoms with Gasteiger partial charge in [0.25, 0.3) is 0 Å². The molecule has 0 saturated heterocycles. The number of hydrogen-bond acceptors (Lipinski definition) is 4. The first-order valence-electron chi connectivity index (χ1n) is 17.8. The number of para-hydroxylation sites is 2. The first-order chi connectivity index (χ1) is 24.5. The molecule has 0 aliphatic rings. The molecule has 0 bridgehead atoms. The molecular weight excluding hydrogens is 817 g/mol. The van der Waals surface area contributed by atoms with Gasteiger partial charge in [-0.1, -0.05) is 94.1 Å². The van der Waals surface area contributed by atoms with Crippen LogP contribution in [0.1, 0.15) is 78.7 Å². The summed E-state index contributed by atoms with van der Waals surface area (Å²) in [6.07, 6.45) is 1.88. The molecule has 4 aromatic carbocycles. The maximum absolute atomic E-state index is 6.46. The van der Waals surface area contributed by atoms with Gasteiger partial charge < -0.3 is 14.0 Å². The van der Waals surface area contributed by atoms with Crippen LogP contribution >= 0.6 is 0 Å². The molecular formula is C46H44IrN4O-2. The molecule has 0 aliphatic heterocycles. The van der Waals surface area contributed by atoms with E-state index in [9.17, 15) is 0 Å². The maximum atomic E-state index is 6.46. The number of benzene rings is 4. The SMILES string of the molecule is Cc1c[c-]c(-c2ccc(C)cn2)cc1.Cc1nc(C)c2c(nc(-c3[c-]ccc4c3oc3ccccc34)n2-c2c(C(C)C)cccc2C(C)C)c1C.[Ir]. The quantitative estimate of drug-likeness (QED) is 0.162. The second-order valence-electron chi connectivity index (χ2n) is 14.2. The number of pyridine rings is 2. The number of furan rings is 1. The molecule has 4 aromatic heterocycles. The Morgan fingerprint density at radius 2 is 1.40 bits per heavy atom. The first kappa shape index (κ1) is 36.9. The van der Waals surface area contributed by atoms with Crippen molar-refractivity contribution in [2.24, 2.45) is 0 Å². The van der Waals surface area contributed by atoms with E-state index in [0.717, 1.165) is 72.6 Å². The van der Waals surface area contributed by atoms with E-state index in [2.05, 4.69) is 126 Å². The largest absolute Gasteiger partial charge is 0.501 e. The molecule has 6 heteroatoms. The summed E-state index contributed by atoms with van der Waals surface area (Å²) in [6, 6.07) is 35.9. The van der Waals surface area contributed by atoms with E-state index in [0.29, 0.717) is 11.8 Å². The fraction of sp³-hybridized carbons (Fsp3) is 0.239. The monoisotopic (exact) mass is 861 g/mol. The number of imidazole rings is 1. The maximum Gasteiger partial charge on any atom is 0.120 e. The summed E-state index contributed by atoms with van der Waals surface area (Å²) in [5.41, 5.74) is 15.9. The molecule has 5 nitrogen and oxygen atoms in total. The molecule has 265 valence electrons. The molecule has 0 unspecified atom stereocenters. The standard InChI is InChI=1S/C33H32N3O.C13H12N.Ir/c1-18(2)23-13-10-14-24(19(3)4)31(23)36-30-22(7)34-21(6)20(5)29(30)35-33(36)27-16-11-15-26-25-12-8-9-17-28(25)37-32(26)27;1-10-3-6-12(7-4-10)13-8-5-11(2)9-14-13;/h8-15,17-19H,1-7H3;3-6,8-9H,1-2H3;/q2*-1;. The van der Waals surface area contributed by atoms with Gasteiger partial charge in [-0.15, -0.1) is 53.6 Å². The molecule has 0 saturated carbocycles. The summed E-state index contributed by atoms with van der Waals surface area (Å²) in [5.74, 6) is 1.52. The van der Waals surface area contributed by atoms with Crippen molar-refractivity contribution in [3.05, 3.63) is 142 Å². The van der Waals surface area contributed by atoms with Crippen LogP contribution in [0.2, 0.25) is 0 Å². The van der Waals surface area contributed by atoms with Crippen molar-refractivity contribution in [2.45, 2.75) is 74.1 Å². The summed E-state index contributed by atoms with van der Waals surface area (Å²) >= 11 is 0. The van der Waals surface area contributed by atoms with Gasteiger partial charge in [-0.3, -0.25) is 9.97 Å². The van der Waals surface area contributed by atoms with Gasteiger partial charge in [-0.05, 0) is 73.5 Å². The van der Waals surface area contributed by atoms with Gasteiger partial charge >= 0.3 is 0 Å². The van der Waals surface area contributed by atoms with Gasteiger partial charge in [-0.2, -0.15) is 0 Å². The number of nitrogens with zero attached hydrogens (tertiary/aromatic N) is 4. The average molecular weight is 861 g/mol. The van der Waals surface area contributed by atoms with Crippen LogP contribution in [0.3, 0.4) is 0 Å². The van der Waals surface area contributed by atoms with Crippen molar-refractivity contribution in [1.29, 1.82) is 0 Å². The minimum Gasteiger partial charge on any atom is -0.501 e. The third-order valence-electron chi connectivity index (χ3n) is 9.74. The van der Waals surface area contributed by atoms with Crippen LogP contribution in [0.15, 0.2) is 95.5 Å². The van der Waals surface area contributed by atoms with Gasteiger partial charge in [0.1, 0.15) is 5.58 Å². The molecule has 0 atom stereocenters. The Labute approximate surface area is 320 Å². The molecule has 0 spiro atoms. The van der Waals surface area contributed by atoms with Crippen molar-refractivity contribution in [2.75, 3.05) is 0 Å². The Balaban J connectivity index is 0.000000260. The normalized spacial score (nSPS) is 11.4. The summed E-state index contributed by atoms with van der Waals surface area (Å²) < 4.78 is 8.80. The minimum atomic E-state index is 0. The number of hydrogen-bond donors (Lipinski definition) is 0. The van der Waals surface area contributed by atoms with Crippen molar-refractivity contribution >= 4 is 33.0 Å². The second kappa shape index (κ2) is 15.0. The van der Waals surface area contributed by atoms with Crippen LogP contribution < -0.4 is 0 Å².